The normalized spacial score (nSPS) is 15.2. The third-order valence-corrected chi connectivity index (χ3v) is 4.12. The van der Waals surface area contributed by atoms with Gasteiger partial charge >= 0.3 is 0 Å². The van der Waals surface area contributed by atoms with Crippen molar-refractivity contribution in [3.63, 3.8) is 0 Å². The number of fused-ring (bicyclic) bond motifs is 1. The SMILES string of the molecule is NCC(c1cncc(Br)c1)N1CCc2ccc(F)cc21. The molecule has 3 rings (SSSR count). The van der Waals surface area contributed by atoms with Crippen molar-refractivity contribution in [3.05, 3.63) is 58.1 Å². The molecule has 3 nitrogen and oxygen atoms in total. The van der Waals surface area contributed by atoms with Crippen LogP contribution in [0.2, 0.25) is 0 Å². The van der Waals surface area contributed by atoms with Crippen LogP contribution < -0.4 is 10.6 Å². The first-order valence-corrected chi connectivity index (χ1v) is 7.34. The summed E-state index contributed by atoms with van der Waals surface area (Å²) < 4.78 is 14.4. The molecule has 1 aromatic heterocycles. The van der Waals surface area contributed by atoms with Crippen LogP contribution >= 0.6 is 15.9 Å². The van der Waals surface area contributed by atoms with E-state index < -0.39 is 0 Å². The maximum atomic E-state index is 13.5. The zero-order valence-corrected chi connectivity index (χ0v) is 12.5. The molecule has 20 heavy (non-hydrogen) atoms. The highest BCUT2D eigenvalue weighted by atomic mass is 79.9. The van der Waals surface area contributed by atoms with Crippen molar-refractivity contribution in [2.45, 2.75) is 12.5 Å². The second-order valence-electron chi connectivity index (χ2n) is 4.90. The Hall–Kier alpha value is -1.46. The molecule has 1 atom stereocenters. The first-order chi connectivity index (χ1) is 9.69. The molecule has 1 aliphatic rings. The van der Waals surface area contributed by atoms with E-state index in [1.54, 1.807) is 12.3 Å². The van der Waals surface area contributed by atoms with Crippen LogP contribution in [0.15, 0.2) is 41.1 Å². The maximum absolute atomic E-state index is 13.5. The van der Waals surface area contributed by atoms with Crippen LogP contribution in [0.4, 0.5) is 10.1 Å². The summed E-state index contributed by atoms with van der Waals surface area (Å²) in [6, 6.07) is 7.00. The number of rotatable bonds is 3. The molecule has 1 aromatic carbocycles. The van der Waals surface area contributed by atoms with Gasteiger partial charge in [-0.05, 0) is 51.7 Å². The maximum Gasteiger partial charge on any atom is 0.125 e. The van der Waals surface area contributed by atoms with E-state index in [1.807, 2.05) is 18.3 Å². The van der Waals surface area contributed by atoms with Crippen molar-refractivity contribution in [1.29, 1.82) is 0 Å². The van der Waals surface area contributed by atoms with Gasteiger partial charge < -0.3 is 10.6 Å². The van der Waals surface area contributed by atoms with Gasteiger partial charge in [-0.25, -0.2) is 4.39 Å². The minimum absolute atomic E-state index is 0.0167. The van der Waals surface area contributed by atoms with Crippen molar-refractivity contribution >= 4 is 21.6 Å². The number of halogens is 2. The van der Waals surface area contributed by atoms with Gasteiger partial charge in [0.1, 0.15) is 5.82 Å². The summed E-state index contributed by atoms with van der Waals surface area (Å²) >= 11 is 3.43. The number of nitrogens with zero attached hydrogens (tertiary/aromatic N) is 2. The van der Waals surface area contributed by atoms with Crippen LogP contribution in [-0.2, 0) is 6.42 Å². The summed E-state index contributed by atoms with van der Waals surface area (Å²) in [6.07, 6.45) is 4.49. The van der Waals surface area contributed by atoms with Crippen LogP contribution in [0, 0.1) is 5.82 Å². The highest BCUT2D eigenvalue weighted by Crippen LogP contribution is 2.35. The van der Waals surface area contributed by atoms with Gasteiger partial charge in [0.25, 0.3) is 0 Å². The van der Waals surface area contributed by atoms with Gasteiger partial charge in [-0.15, -0.1) is 0 Å². The van der Waals surface area contributed by atoms with Crippen LogP contribution in [0.3, 0.4) is 0 Å². The van der Waals surface area contributed by atoms with Crippen LogP contribution in [0.25, 0.3) is 0 Å². The van der Waals surface area contributed by atoms with Crippen molar-refractivity contribution in [3.8, 4) is 0 Å². The third kappa shape index (κ3) is 2.43. The molecule has 2 heterocycles. The number of benzene rings is 1. The average Bonchev–Trinajstić information content (AvgIpc) is 2.83. The summed E-state index contributed by atoms with van der Waals surface area (Å²) in [7, 11) is 0. The van der Waals surface area contributed by atoms with Gasteiger partial charge in [-0.3, -0.25) is 4.98 Å². The molecule has 1 aliphatic heterocycles. The average molecular weight is 336 g/mol. The fourth-order valence-corrected chi connectivity index (χ4v) is 3.14. The van der Waals surface area contributed by atoms with Gasteiger partial charge in [0.15, 0.2) is 0 Å². The second kappa shape index (κ2) is 5.50. The van der Waals surface area contributed by atoms with E-state index in [0.717, 1.165) is 28.7 Å². The van der Waals surface area contributed by atoms with Crippen LogP contribution in [0.1, 0.15) is 17.2 Å². The van der Waals surface area contributed by atoms with Gasteiger partial charge in [-0.1, -0.05) is 6.07 Å². The van der Waals surface area contributed by atoms with E-state index in [4.69, 9.17) is 5.73 Å². The van der Waals surface area contributed by atoms with Crippen LogP contribution in [-0.4, -0.2) is 18.1 Å². The Kier molecular flexibility index (Phi) is 3.72. The fourth-order valence-electron chi connectivity index (χ4n) is 2.75. The molecule has 5 heteroatoms. The molecule has 2 aromatic rings. The standard InChI is InChI=1S/C15H15BrFN3/c16-12-5-11(8-19-9-12)15(7-18)20-4-3-10-1-2-13(17)6-14(10)20/h1-2,5-6,8-9,15H,3-4,7,18H2. The fraction of sp³-hybridized carbons (Fsp3) is 0.267. The summed E-state index contributed by atoms with van der Waals surface area (Å²) in [5.41, 5.74) is 9.11. The molecule has 0 radical (unpaired) electrons. The van der Waals surface area contributed by atoms with Gasteiger partial charge in [-0.2, -0.15) is 0 Å². The number of anilines is 1. The molecule has 0 saturated heterocycles. The molecule has 2 N–H and O–H groups in total. The highest BCUT2D eigenvalue weighted by Gasteiger charge is 2.27. The molecular formula is C15H15BrFN3. The van der Waals surface area contributed by atoms with E-state index in [9.17, 15) is 4.39 Å². The number of hydrogen-bond acceptors (Lipinski definition) is 3. The molecule has 1 unspecified atom stereocenters. The summed E-state index contributed by atoms with van der Waals surface area (Å²) in [5.74, 6) is -0.209. The summed E-state index contributed by atoms with van der Waals surface area (Å²) in [6.45, 7) is 1.32. The monoisotopic (exact) mass is 335 g/mol. The molecule has 0 bridgehead atoms. The minimum atomic E-state index is -0.209. The third-order valence-electron chi connectivity index (χ3n) is 3.69. The molecule has 0 amide bonds. The molecule has 0 aliphatic carbocycles. The Balaban J connectivity index is 1.98. The Morgan fingerprint density at radius 1 is 1.35 bits per heavy atom. The molecule has 0 saturated carbocycles. The second-order valence-corrected chi connectivity index (χ2v) is 5.82. The van der Waals surface area contributed by atoms with Crippen molar-refractivity contribution < 1.29 is 4.39 Å². The lowest BCUT2D eigenvalue weighted by atomic mass is 10.1. The Bertz CT molecular complexity index is 632. The van der Waals surface area contributed by atoms with E-state index in [-0.39, 0.29) is 11.9 Å². The topological polar surface area (TPSA) is 42.1 Å². The van der Waals surface area contributed by atoms with Crippen molar-refractivity contribution in [2.75, 3.05) is 18.0 Å². The largest absolute Gasteiger partial charge is 0.363 e. The predicted molar refractivity (Wildman–Crippen MR) is 81.2 cm³/mol. The minimum Gasteiger partial charge on any atom is -0.363 e. The predicted octanol–water partition coefficient (Wildman–Crippen LogP) is 3.05. The van der Waals surface area contributed by atoms with Crippen molar-refractivity contribution in [1.82, 2.24) is 4.98 Å². The van der Waals surface area contributed by atoms with Crippen molar-refractivity contribution in [2.24, 2.45) is 5.73 Å². The van der Waals surface area contributed by atoms with Gasteiger partial charge in [0, 0.05) is 35.6 Å². The van der Waals surface area contributed by atoms with E-state index in [1.165, 1.54) is 11.6 Å². The summed E-state index contributed by atoms with van der Waals surface area (Å²) in [5, 5.41) is 0. The van der Waals surface area contributed by atoms with E-state index >= 15 is 0 Å². The number of hydrogen-bond donors (Lipinski definition) is 1. The Labute approximate surface area is 125 Å². The Morgan fingerprint density at radius 2 is 2.20 bits per heavy atom. The van der Waals surface area contributed by atoms with Gasteiger partial charge in [0.2, 0.25) is 0 Å². The molecular weight excluding hydrogens is 321 g/mol. The molecule has 0 spiro atoms. The zero-order valence-electron chi connectivity index (χ0n) is 10.9. The lowest BCUT2D eigenvalue weighted by Gasteiger charge is -2.29. The Morgan fingerprint density at radius 3 is 2.95 bits per heavy atom. The zero-order chi connectivity index (χ0) is 14.1. The first kappa shape index (κ1) is 13.5. The number of pyridine rings is 1. The lowest BCUT2D eigenvalue weighted by Crippen LogP contribution is -2.32. The molecule has 0 fully saturated rings. The quantitative estimate of drug-likeness (QED) is 0.937. The highest BCUT2D eigenvalue weighted by molar-refractivity contribution is 9.10. The first-order valence-electron chi connectivity index (χ1n) is 6.54. The smallest absolute Gasteiger partial charge is 0.125 e. The molecule has 104 valence electrons. The van der Waals surface area contributed by atoms with Gasteiger partial charge in [0.05, 0.1) is 6.04 Å². The number of aromatic nitrogens is 1. The lowest BCUT2D eigenvalue weighted by molar-refractivity contribution is 0.621. The summed E-state index contributed by atoms with van der Waals surface area (Å²) in [4.78, 5) is 6.36. The van der Waals surface area contributed by atoms with E-state index in [0.29, 0.717) is 6.54 Å². The van der Waals surface area contributed by atoms with Crippen LogP contribution in [0.5, 0.6) is 0 Å². The number of nitrogens with two attached hydrogens (primary N) is 1. The van der Waals surface area contributed by atoms with E-state index in [2.05, 4.69) is 25.8 Å².